The molecule has 5 nitrogen and oxygen atoms in total. The van der Waals surface area contributed by atoms with E-state index in [0.717, 1.165) is 18.7 Å². The molecule has 0 unspecified atom stereocenters. The first-order valence-electron chi connectivity index (χ1n) is 7.90. The Morgan fingerprint density at radius 3 is 2.55 bits per heavy atom. The maximum absolute atomic E-state index is 12.7. The van der Waals surface area contributed by atoms with Gasteiger partial charge in [-0.05, 0) is 37.8 Å². The summed E-state index contributed by atoms with van der Waals surface area (Å²) in [6.45, 7) is 3.32. The van der Waals surface area contributed by atoms with Gasteiger partial charge in [-0.2, -0.15) is 0 Å². The molecule has 2 aliphatic heterocycles. The fourth-order valence-corrected chi connectivity index (χ4v) is 4.48. The van der Waals surface area contributed by atoms with Crippen molar-refractivity contribution in [2.45, 2.75) is 26.2 Å². The number of piperidine rings is 1. The van der Waals surface area contributed by atoms with Crippen LogP contribution in [-0.2, 0) is 21.2 Å². The number of para-hydroxylation sites is 1. The Labute approximate surface area is 132 Å². The fraction of sp³-hybridized carbons (Fsp3) is 0.562. The minimum Gasteiger partial charge on any atom is -0.312 e. The molecule has 0 aromatic heterocycles. The van der Waals surface area contributed by atoms with E-state index >= 15 is 0 Å². The number of fused-ring (bicyclic) bond motifs is 1. The zero-order valence-electron chi connectivity index (χ0n) is 12.9. The molecule has 1 aromatic carbocycles. The van der Waals surface area contributed by atoms with Crippen LogP contribution in [0, 0.1) is 5.92 Å². The number of hydrogen-bond donors (Lipinski definition) is 0. The molecule has 1 aromatic rings. The van der Waals surface area contributed by atoms with Crippen molar-refractivity contribution < 1.29 is 13.2 Å². The number of hydrogen-bond acceptors (Lipinski definition) is 3. The van der Waals surface area contributed by atoms with Gasteiger partial charge >= 0.3 is 0 Å². The van der Waals surface area contributed by atoms with Crippen molar-refractivity contribution >= 4 is 21.6 Å². The second-order valence-electron chi connectivity index (χ2n) is 5.94. The Morgan fingerprint density at radius 2 is 1.86 bits per heavy atom. The Kier molecular flexibility index (Phi) is 4.23. The average Bonchev–Trinajstić information content (AvgIpc) is 2.98. The van der Waals surface area contributed by atoms with Gasteiger partial charge in [-0.1, -0.05) is 18.2 Å². The van der Waals surface area contributed by atoms with Gasteiger partial charge in [-0.3, -0.25) is 4.79 Å². The van der Waals surface area contributed by atoms with Crippen molar-refractivity contribution in [2.75, 3.05) is 30.3 Å². The number of sulfonamides is 1. The lowest BCUT2D eigenvalue weighted by Crippen LogP contribution is -2.44. The number of carbonyl (C=O) groups is 1. The third kappa shape index (κ3) is 2.77. The molecule has 22 heavy (non-hydrogen) atoms. The van der Waals surface area contributed by atoms with Crippen LogP contribution in [0.15, 0.2) is 24.3 Å². The maximum Gasteiger partial charge on any atom is 0.230 e. The van der Waals surface area contributed by atoms with E-state index in [2.05, 4.69) is 6.07 Å². The van der Waals surface area contributed by atoms with Crippen molar-refractivity contribution in [3.05, 3.63) is 29.8 Å². The summed E-state index contributed by atoms with van der Waals surface area (Å²) >= 11 is 0. The Balaban J connectivity index is 1.66. The highest BCUT2D eigenvalue weighted by molar-refractivity contribution is 7.89. The highest BCUT2D eigenvalue weighted by Crippen LogP contribution is 2.31. The smallest absolute Gasteiger partial charge is 0.230 e. The summed E-state index contributed by atoms with van der Waals surface area (Å²) in [5.41, 5.74) is 2.25. The Bertz CT molecular complexity index is 664. The van der Waals surface area contributed by atoms with Crippen molar-refractivity contribution in [3.8, 4) is 0 Å². The number of anilines is 1. The minimum atomic E-state index is -3.13. The van der Waals surface area contributed by atoms with Crippen LogP contribution < -0.4 is 4.90 Å². The molecule has 2 aliphatic rings. The van der Waals surface area contributed by atoms with Crippen molar-refractivity contribution in [1.29, 1.82) is 0 Å². The van der Waals surface area contributed by atoms with Crippen LogP contribution in [0.5, 0.6) is 0 Å². The Morgan fingerprint density at radius 1 is 1.18 bits per heavy atom. The summed E-state index contributed by atoms with van der Waals surface area (Å²) in [7, 11) is -3.13. The summed E-state index contributed by atoms with van der Waals surface area (Å²) in [6.07, 6.45) is 2.15. The molecular weight excluding hydrogens is 300 g/mol. The van der Waals surface area contributed by atoms with Gasteiger partial charge in [0, 0.05) is 31.2 Å². The SMILES string of the molecule is CCS(=O)(=O)N1CCC(C(=O)N2CCc3ccccc32)CC1. The maximum atomic E-state index is 12.7. The van der Waals surface area contributed by atoms with Crippen LogP contribution in [0.4, 0.5) is 5.69 Å². The number of benzene rings is 1. The fourth-order valence-electron chi connectivity index (χ4n) is 3.35. The van der Waals surface area contributed by atoms with E-state index in [1.165, 1.54) is 9.87 Å². The molecule has 0 N–H and O–H groups in total. The monoisotopic (exact) mass is 322 g/mol. The molecule has 0 bridgehead atoms. The van der Waals surface area contributed by atoms with Crippen molar-refractivity contribution in [2.24, 2.45) is 5.92 Å². The van der Waals surface area contributed by atoms with Crippen LogP contribution in [0.2, 0.25) is 0 Å². The quantitative estimate of drug-likeness (QED) is 0.850. The molecule has 0 saturated carbocycles. The van der Waals surface area contributed by atoms with Crippen molar-refractivity contribution in [1.82, 2.24) is 4.31 Å². The van der Waals surface area contributed by atoms with Crippen LogP contribution in [0.3, 0.4) is 0 Å². The van der Waals surface area contributed by atoms with E-state index in [1.807, 2.05) is 23.1 Å². The lowest BCUT2D eigenvalue weighted by atomic mass is 9.96. The molecule has 120 valence electrons. The molecule has 0 aliphatic carbocycles. The zero-order valence-corrected chi connectivity index (χ0v) is 13.7. The number of rotatable bonds is 3. The van der Waals surface area contributed by atoms with Crippen LogP contribution in [-0.4, -0.2) is 44.0 Å². The number of carbonyl (C=O) groups excluding carboxylic acids is 1. The number of nitrogens with zero attached hydrogens (tertiary/aromatic N) is 2. The standard InChI is InChI=1S/C16H22N2O3S/c1-2-22(20,21)17-10-7-14(8-11-17)16(19)18-12-9-13-5-3-4-6-15(13)18/h3-6,14H,2,7-12H2,1H3. The van der Waals surface area contributed by atoms with Gasteiger partial charge in [0.2, 0.25) is 15.9 Å². The number of amides is 1. The highest BCUT2D eigenvalue weighted by atomic mass is 32.2. The Hall–Kier alpha value is -1.40. The third-order valence-corrected chi connectivity index (χ3v) is 6.60. The molecule has 0 spiro atoms. The van der Waals surface area contributed by atoms with Crippen molar-refractivity contribution in [3.63, 3.8) is 0 Å². The molecule has 6 heteroatoms. The van der Waals surface area contributed by atoms with E-state index in [9.17, 15) is 13.2 Å². The van der Waals surface area contributed by atoms with Gasteiger partial charge in [0.1, 0.15) is 0 Å². The van der Waals surface area contributed by atoms with Gasteiger partial charge in [0.05, 0.1) is 5.75 Å². The van der Waals surface area contributed by atoms with Gasteiger partial charge in [0.15, 0.2) is 0 Å². The summed E-state index contributed by atoms with van der Waals surface area (Å²) < 4.78 is 25.3. The summed E-state index contributed by atoms with van der Waals surface area (Å²) in [6, 6.07) is 8.03. The van der Waals surface area contributed by atoms with E-state index in [4.69, 9.17) is 0 Å². The lowest BCUT2D eigenvalue weighted by molar-refractivity contribution is -0.123. The summed E-state index contributed by atoms with van der Waals surface area (Å²) in [5, 5.41) is 0. The van der Waals surface area contributed by atoms with Gasteiger partial charge in [0.25, 0.3) is 0 Å². The molecule has 0 radical (unpaired) electrons. The first-order chi connectivity index (χ1) is 10.5. The van der Waals surface area contributed by atoms with Gasteiger partial charge in [-0.15, -0.1) is 0 Å². The van der Waals surface area contributed by atoms with Gasteiger partial charge < -0.3 is 4.90 Å². The molecule has 2 heterocycles. The second kappa shape index (κ2) is 6.01. The summed E-state index contributed by atoms with van der Waals surface area (Å²) in [5.74, 6) is 0.221. The molecule has 1 saturated heterocycles. The predicted octanol–water partition coefficient (Wildman–Crippen LogP) is 1.64. The first-order valence-corrected chi connectivity index (χ1v) is 9.51. The van der Waals surface area contributed by atoms with E-state index < -0.39 is 10.0 Å². The highest BCUT2D eigenvalue weighted by Gasteiger charge is 2.34. The van der Waals surface area contributed by atoms with E-state index in [1.54, 1.807) is 6.92 Å². The third-order valence-electron chi connectivity index (χ3n) is 4.71. The molecule has 1 amide bonds. The lowest BCUT2D eigenvalue weighted by Gasteiger charge is -2.32. The molecule has 0 atom stereocenters. The van der Waals surface area contributed by atoms with Crippen LogP contribution >= 0.6 is 0 Å². The zero-order chi connectivity index (χ0) is 15.7. The molecular formula is C16H22N2O3S. The normalized spacial score (nSPS) is 20.1. The van der Waals surface area contributed by atoms with Crippen LogP contribution in [0.25, 0.3) is 0 Å². The summed E-state index contributed by atoms with van der Waals surface area (Å²) in [4.78, 5) is 14.6. The first kappa shape index (κ1) is 15.5. The second-order valence-corrected chi connectivity index (χ2v) is 8.20. The molecule has 1 fully saturated rings. The van der Waals surface area contributed by atoms with Gasteiger partial charge in [-0.25, -0.2) is 12.7 Å². The van der Waals surface area contributed by atoms with E-state index in [0.29, 0.717) is 25.9 Å². The van der Waals surface area contributed by atoms with E-state index in [-0.39, 0.29) is 17.6 Å². The predicted molar refractivity (Wildman–Crippen MR) is 86.3 cm³/mol. The topological polar surface area (TPSA) is 57.7 Å². The largest absolute Gasteiger partial charge is 0.312 e. The van der Waals surface area contributed by atoms with Crippen LogP contribution in [0.1, 0.15) is 25.3 Å². The molecule has 3 rings (SSSR count). The average molecular weight is 322 g/mol. The minimum absolute atomic E-state index is 0.0607.